The molecule has 0 heterocycles. The molecule has 0 unspecified atom stereocenters. The minimum atomic E-state index is 0.601. The van der Waals surface area contributed by atoms with E-state index in [2.05, 4.69) is 45.0 Å². The summed E-state index contributed by atoms with van der Waals surface area (Å²) in [4.78, 5) is 0. The second-order valence-electron chi connectivity index (χ2n) is 6.31. The summed E-state index contributed by atoms with van der Waals surface area (Å²) in [5, 5.41) is 0. The number of unbranched alkanes of at least 4 members (excludes halogenated alkanes) is 2. The Morgan fingerprint density at radius 3 is 1.88 bits per heavy atom. The van der Waals surface area contributed by atoms with Gasteiger partial charge >= 0.3 is 0 Å². The van der Waals surface area contributed by atoms with E-state index >= 15 is 0 Å². The van der Waals surface area contributed by atoms with Crippen LogP contribution < -0.4 is 9.47 Å². The molecule has 0 aliphatic heterocycles. The van der Waals surface area contributed by atoms with Crippen LogP contribution in [0.4, 0.5) is 0 Å². The highest BCUT2D eigenvalue weighted by Crippen LogP contribution is 2.29. The molecular formula is C22H30O2. The first kappa shape index (κ1) is 18.4. The molecule has 2 rings (SSSR count). The van der Waals surface area contributed by atoms with Crippen molar-refractivity contribution >= 4 is 0 Å². The Morgan fingerprint density at radius 1 is 0.708 bits per heavy atom. The van der Waals surface area contributed by atoms with E-state index in [9.17, 15) is 0 Å². The topological polar surface area (TPSA) is 18.5 Å². The van der Waals surface area contributed by atoms with Crippen molar-refractivity contribution < 1.29 is 9.47 Å². The van der Waals surface area contributed by atoms with Gasteiger partial charge in [0, 0.05) is 0 Å². The van der Waals surface area contributed by atoms with Crippen molar-refractivity contribution in [1.29, 1.82) is 0 Å². The number of rotatable bonds is 9. The Labute approximate surface area is 146 Å². The third-order valence-corrected chi connectivity index (χ3v) is 4.47. The van der Waals surface area contributed by atoms with Gasteiger partial charge in [-0.15, -0.1) is 0 Å². The summed E-state index contributed by atoms with van der Waals surface area (Å²) in [5.41, 5.74) is 4.93. The fourth-order valence-corrected chi connectivity index (χ4v) is 2.78. The van der Waals surface area contributed by atoms with Crippen molar-refractivity contribution in [2.75, 3.05) is 6.61 Å². The van der Waals surface area contributed by atoms with Gasteiger partial charge in [0.2, 0.25) is 0 Å². The molecule has 2 aromatic carbocycles. The largest absolute Gasteiger partial charge is 0.494 e. The highest BCUT2D eigenvalue weighted by atomic mass is 16.5. The molecule has 0 atom stereocenters. The first-order chi connectivity index (χ1) is 11.7. The maximum absolute atomic E-state index is 6.02. The molecule has 24 heavy (non-hydrogen) atoms. The van der Waals surface area contributed by atoms with Gasteiger partial charge in [-0.05, 0) is 68.0 Å². The molecule has 0 N–H and O–H groups in total. The van der Waals surface area contributed by atoms with E-state index in [1.54, 1.807) is 0 Å². The molecule has 0 bridgehead atoms. The molecule has 2 nitrogen and oxygen atoms in total. The Kier molecular flexibility index (Phi) is 7.17. The van der Waals surface area contributed by atoms with Crippen molar-refractivity contribution in [2.24, 2.45) is 0 Å². The average Bonchev–Trinajstić information content (AvgIpc) is 2.60. The van der Waals surface area contributed by atoms with E-state index in [0.717, 1.165) is 22.6 Å². The normalized spacial score (nSPS) is 10.7. The number of aryl methyl sites for hydroxylation is 1. The zero-order chi connectivity index (χ0) is 17.4. The van der Waals surface area contributed by atoms with Crippen LogP contribution in [0.5, 0.6) is 11.5 Å². The molecular weight excluding hydrogens is 296 g/mol. The fraction of sp³-hybridized carbons (Fsp3) is 0.455. The third kappa shape index (κ3) is 5.02. The molecule has 2 heteroatoms. The van der Waals surface area contributed by atoms with Crippen LogP contribution in [0.2, 0.25) is 0 Å². The van der Waals surface area contributed by atoms with Crippen molar-refractivity contribution in [3.05, 3.63) is 58.7 Å². The summed E-state index contributed by atoms with van der Waals surface area (Å²) < 4.78 is 11.7. The zero-order valence-electron chi connectivity index (χ0n) is 15.5. The second-order valence-corrected chi connectivity index (χ2v) is 6.31. The van der Waals surface area contributed by atoms with Gasteiger partial charge in [-0.25, -0.2) is 0 Å². The SMILES string of the molecule is CCCCCc1ccc(COc2ccc(OCC)c(C)c2C)cc1. The van der Waals surface area contributed by atoms with Gasteiger partial charge in [0.1, 0.15) is 18.1 Å². The van der Waals surface area contributed by atoms with Gasteiger partial charge in [0.15, 0.2) is 0 Å². The molecule has 0 saturated heterocycles. The van der Waals surface area contributed by atoms with Crippen LogP contribution in [-0.4, -0.2) is 6.61 Å². The molecule has 130 valence electrons. The molecule has 2 aromatic rings. The minimum absolute atomic E-state index is 0.601. The van der Waals surface area contributed by atoms with Crippen LogP contribution in [-0.2, 0) is 13.0 Å². The summed E-state index contributed by atoms with van der Waals surface area (Å²) >= 11 is 0. The van der Waals surface area contributed by atoms with Crippen LogP contribution >= 0.6 is 0 Å². The summed E-state index contributed by atoms with van der Waals surface area (Å²) in [7, 11) is 0. The Bertz CT molecular complexity index is 629. The van der Waals surface area contributed by atoms with E-state index in [0.29, 0.717) is 13.2 Å². The molecule has 0 spiro atoms. The molecule has 0 amide bonds. The first-order valence-electron chi connectivity index (χ1n) is 9.09. The van der Waals surface area contributed by atoms with Crippen molar-refractivity contribution in [1.82, 2.24) is 0 Å². The molecule has 0 saturated carbocycles. The van der Waals surface area contributed by atoms with Gasteiger partial charge in [-0.2, -0.15) is 0 Å². The molecule has 0 radical (unpaired) electrons. The van der Waals surface area contributed by atoms with Gasteiger partial charge < -0.3 is 9.47 Å². The third-order valence-electron chi connectivity index (χ3n) is 4.47. The van der Waals surface area contributed by atoms with Crippen LogP contribution in [0.25, 0.3) is 0 Å². The molecule has 0 fully saturated rings. The summed E-state index contributed by atoms with van der Waals surface area (Å²) in [5.74, 6) is 1.88. The van der Waals surface area contributed by atoms with Gasteiger partial charge in [-0.1, -0.05) is 44.0 Å². The lowest BCUT2D eigenvalue weighted by atomic mass is 10.1. The lowest BCUT2D eigenvalue weighted by molar-refractivity contribution is 0.301. The summed E-state index contributed by atoms with van der Waals surface area (Å²) in [6.45, 7) is 9.70. The maximum atomic E-state index is 6.02. The minimum Gasteiger partial charge on any atom is -0.494 e. The van der Waals surface area contributed by atoms with E-state index < -0.39 is 0 Å². The van der Waals surface area contributed by atoms with Crippen LogP contribution in [0.15, 0.2) is 36.4 Å². The smallest absolute Gasteiger partial charge is 0.123 e. The number of benzene rings is 2. The summed E-state index contributed by atoms with van der Waals surface area (Å²) in [6, 6.07) is 12.8. The summed E-state index contributed by atoms with van der Waals surface area (Å²) in [6.07, 6.45) is 5.02. The second kappa shape index (κ2) is 9.36. The first-order valence-corrected chi connectivity index (χ1v) is 9.09. The maximum Gasteiger partial charge on any atom is 0.123 e. The number of hydrogen-bond donors (Lipinski definition) is 0. The zero-order valence-corrected chi connectivity index (χ0v) is 15.5. The molecule has 0 aliphatic rings. The Morgan fingerprint density at radius 2 is 1.29 bits per heavy atom. The highest BCUT2D eigenvalue weighted by Gasteiger charge is 2.08. The molecule has 0 aromatic heterocycles. The number of hydrogen-bond acceptors (Lipinski definition) is 2. The lowest BCUT2D eigenvalue weighted by Gasteiger charge is -2.14. The lowest BCUT2D eigenvalue weighted by Crippen LogP contribution is -2.01. The van der Waals surface area contributed by atoms with Crippen LogP contribution in [0.1, 0.15) is 55.4 Å². The predicted octanol–water partition coefficient (Wildman–Crippen LogP) is 6.01. The van der Waals surface area contributed by atoms with Gasteiger partial charge in [-0.3, -0.25) is 0 Å². The molecule has 0 aliphatic carbocycles. The van der Waals surface area contributed by atoms with E-state index in [4.69, 9.17) is 9.47 Å². The van der Waals surface area contributed by atoms with Gasteiger partial charge in [0.25, 0.3) is 0 Å². The van der Waals surface area contributed by atoms with E-state index in [1.807, 2.05) is 19.1 Å². The fourth-order valence-electron chi connectivity index (χ4n) is 2.78. The van der Waals surface area contributed by atoms with Gasteiger partial charge in [0.05, 0.1) is 6.61 Å². The monoisotopic (exact) mass is 326 g/mol. The van der Waals surface area contributed by atoms with Crippen molar-refractivity contribution in [2.45, 2.75) is 60.0 Å². The Hall–Kier alpha value is -1.96. The van der Waals surface area contributed by atoms with E-state index in [-0.39, 0.29) is 0 Å². The van der Waals surface area contributed by atoms with Crippen molar-refractivity contribution in [3.8, 4) is 11.5 Å². The van der Waals surface area contributed by atoms with Crippen molar-refractivity contribution in [3.63, 3.8) is 0 Å². The highest BCUT2D eigenvalue weighted by molar-refractivity contribution is 5.47. The standard InChI is InChI=1S/C22H30O2/c1-5-7-8-9-19-10-12-20(13-11-19)16-24-22-15-14-21(23-6-2)17(3)18(22)4/h10-15H,5-9,16H2,1-4H3. The van der Waals surface area contributed by atoms with Crippen LogP contribution in [0.3, 0.4) is 0 Å². The predicted molar refractivity (Wildman–Crippen MR) is 101 cm³/mol. The number of ether oxygens (including phenoxy) is 2. The quantitative estimate of drug-likeness (QED) is 0.525. The average molecular weight is 326 g/mol. The van der Waals surface area contributed by atoms with E-state index in [1.165, 1.54) is 36.8 Å². The van der Waals surface area contributed by atoms with Crippen LogP contribution in [0, 0.1) is 13.8 Å². The Balaban J connectivity index is 1.94.